The quantitative estimate of drug-likeness (QED) is 0.776. The predicted octanol–water partition coefficient (Wildman–Crippen LogP) is 4.12. The first-order chi connectivity index (χ1) is 12.7. The van der Waals surface area contributed by atoms with Crippen LogP contribution in [0, 0.1) is 6.92 Å². The third-order valence-electron chi connectivity index (χ3n) is 4.56. The van der Waals surface area contributed by atoms with Crippen molar-refractivity contribution in [3.8, 4) is 0 Å². The molecule has 5 nitrogen and oxygen atoms in total. The molecular formula is C21H20N4O. The molecule has 0 fully saturated rings. The molecule has 3 aromatic rings. The second-order valence-electron chi connectivity index (χ2n) is 6.48. The van der Waals surface area contributed by atoms with E-state index in [0.717, 1.165) is 30.8 Å². The molecule has 0 spiro atoms. The lowest BCUT2D eigenvalue weighted by Gasteiger charge is -2.29. The van der Waals surface area contributed by atoms with Gasteiger partial charge in [0.2, 0.25) is 0 Å². The summed E-state index contributed by atoms with van der Waals surface area (Å²) in [6.45, 7) is 2.88. The van der Waals surface area contributed by atoms with Crippen LogP contribution in [0.2, 0.25) is 0 Å². The van der Waals surface area contributed by atoms with Crippen LogP contribution in [0.25, 0.3) is 0 Å². The van der Waals surface area contributed by atoms with Gasteiger partial charge < -0.3 is 10.2 Å². The Balaban J connectivity index is 1.52. The summed E-state index contributed by atoms with van der Waals surface area (Å²) in [5.41, 5.74) is 4.17. The van der Waals surface area contributed by atoms with E-state index in [1.807, 2.05) is 37.3 Å². The van der Waals surface area contributed by atoms with Gasteiger partial charge in [-0.15, -0.1) is 10.2 Å². The fourth-order valence-corrected chi connectivity index (χ4v) is 3.28. The second-order valence-corrected chi connectivity index (χ2v) is 6.48. The Morgan fingerprint density at radius 3 is 2.73 bits per heavy atom. The first-order valence-electron chi connectivity index (χ1n) is 8.78. The maximum atomic E-state index is 12.3. The number of aromatic nitrogens is 2. The molecule has 130 valence electrons. The number of rotatable bonds is 3. The standard InChI is InChI=1S/C21H20N4O/c1-15-6-4-8-17(14-15)21(26)22-19-11-12-20(24-23-19)25-13-5-9-16-7-2-3-10-18(16)25/h2-4,6-8,10-12,14H,5,9,13H2,1H3,(H,22,23,26). The van der Waals surface area contributed by atoms with Crippen molar-refractivity contribution in [1.29, 1.82) is 0 Å². The van der Waals surface area contributed by atoms with Crippen LogP contribution in [0.15, 0.2) is 60.7 Å². The van der Waals surface area contributed by atoms with Crippen molar-refractivity contribution in [2.45, 2.75) is 19.8 Å². The Morgan fingerprint density at radius 2 is 1.92 bits per heavy atom. The third-order valence-corrected chi connectivity index (χ3v) is 4.56. The SMILES string of the molecule is Cc1cccc(C(=O)Nc2ccc(N3CCCc4ccccc43)nn2)c1. The monoisotopic (exact) mass is 344 g/mol. The van der Waals surface area contributed by atoms with Crippen molar-refractivity contribution in [2.75, 3.05) is 16.8 Å². The highest BCUT2D eigenvalue weighted by molar-refractivity contribution is 6.03. The Hall–Kier alpha value is -3.21. The zero-order valence-electron chi connectivity index (χ0n) is 14.6. The number of nitrogens with one attached hydrogen (secondary N) is 1. The van der Waals surface area contributed by atoms with E-state index in [9.17, 15) is 4.79 Å². The summed E-state index contributed by atoms with van der Waals surface area (Å²) in [4.78, 5) is 14.5. The topological polar surface area (TPSA) is 58.1 Å². The summed E-state index contributed by atoms with van der Waals surface area (Å²) in [5, 5.41) is 11.3. The number of nitrogens with zero attached hydrogens (tertiary/aromatic N) is 3. The molecule has 1 N–H and O–H groups in total. The average molecular weight is 344 g/mol. The first-order valence-corrected chi connectivity index (χ1v) is 8.78. The fraction of sp³-hybridized carbons (Fsp3) is 0.190. The molecule has 0 aliphatic carbocycles. The molecule has 1 aromatic heterocycles. The third kappa shape index (κ3) is 3.28. The Kier molecular flexibility index (Phi) is 4.35. The molecule has 5 heteroatoms. The molecule has 1 amide bonds. The number of hydrogen-bond acceptors (Lipinski definition) is 4. The second kappa shape index (κ2) is 6.96. The van der Waals surface area contributed by atoms with Gasteiger partial charge >= 0.3 is 0 Å². The van der Waals surface area contributed by atoms with Crippen LogP contribution in [0.1, 0.15) is 27.9 Å². The minimum Gasteiger partial charge on any atom is -0.325 e. The molecule has 26 heavy (non-hydrogen) atoms. The highest BCUT2D eigenvalue weighted by Crippen LogP contribution is 2.31. The van der Waals surface area contributed by atoms with E-state index in [4.69, 9.17) is 0 Å². The number of carbonyl (C=O) groups excluding carboxylic acids is 1. The maximum absolute atomic E-state index is 12.3. The number of para-hydroxylation sites is 1. The number of hydrogen-bond donors (Lipinski definition) is 1. The van der Waals surface area contributed by atoms with Crippen molar-refractivity contribution in [2.24, 2.45) is 0 Å². The van der Waals surface area contributed by atoms with Gasteiger partial charge in [-0.1, -0.05) is 35.9 Å². The van der Waals surface area contributed by atoms with E-state index < -0.39 is 0 Å². The Labute approximate surface area is 152 Å². The smallest absolute Gasteiger partial charge is 0.256 e. The predicted molar refractivity (Wildman–Crippen MR) is 103 cm³/mol. The minimum atomic E-state index is -0.181. The molecule has 0 saturated carbocycles. The zero-order chi connectivity index (χ0) is 17.9. The number of fused-ring (bicyclic) bond motifs is 1. The van der Waals surface area contributed by atoms with E-state index in [2.05, 4.69) is 38.6 Å². The van der Waals surface area contributed by atoms with Gasteiger partial charge in [-0.05, 0) is 55.7 Å². The van der Waals surface area contributed by atoms with Crippen LogP contribution >= 0.6 is 0 Å². The van der Waals surface area contributed by atoms with Gasteiger partial charge in [0, 0.05) is 17.8 Å². The molecule has 1 aliphatic heterocycles. The highest BCUT2D eigenvalue weighted by atomic mass is 16.1. The number of anilines is 3. The van der Waals surface area contributed by atoms with Gasteiger partial charge in [0.05, 0.1) is 0 Å². The largest absolute Gasteiger partial charge is 0.325 e. The van der Waals surface area contributed by atoms with Gasteiger partial charge in [0.1, 0.15) is 0 Å². The summed E-state index contributed by atoms with van der Waals surface area (Å²) in [6.07, 6.45) is 2.18. The van der Waals surface area contributed by atoms with Crippen LogP contribution in [-0.2, 0) is 6.42 Å². The number of amides is 1. The van der Waals surface area contributed by atoms with Gasteiger partial charge in [-0.2, -0.15) is 0 Å². The molecule has 0 saturated heterocycles. The molecule has 2 heterocycles. The van der Waals surface area contributed by atoms with E-state index in [1.54, 1.807) is 12.1 Å². The maximum Gasteiger partial charge on any atom is 0.256 e. The van der Waals surface area contributed by atoms with Crippen LogP contribution < -0.4 is 10.2 Å². The van der Waals surface area contributed by atoms with Crippen LogP contribution in [-0.4, -0.2) is 22.6 Å². The number of aryl methyl sites for hydroxylation is 2. The van der Waals surface area contributed by atoms with E-state index in [1.165, 1.54) is 11.3 Å². The summed E-state index contributed by atoms with van der Waals surface area (Å²) in [7, 11) is 0. The highest BCUT2D eigenvalue weighted by Gasteiger charge is 2.19. The van der Waals surface area contributed by atoms with E-state index >= 15 is 0 Å². The van der Waals surface area contributed by atoms with Gasteiger partial charge in [0.25, 0.3) is 5.91 Å². The number of carbonyl (C=O) groups is 1. The Bertz CT molecular complexity index is 937. The summed E-state index contributed by atoms with van der Waals surface area (Å²) < 4.78 is 0. The number of benzene rings is 2. The summed E-state index contributed by atoms with van der Waals surface area (Å²) in [6, 6.07) is 19.5. The van der Waals surface area contributed by atoms with Crippen molar-refractivity contribution in [3.05, 3.63) is 77.4 Å². The normalized spacial score (nSPS) is 13.2. The molecule has 0 bridgehead atoms. The summed E-state index contributed by atoms with van der Waals surface area (Å²) in [5.74, 6) is 1.07. The molecule has 0 radical (unpaired) electrons. The minimum absolute atomic E-state index is 0.181. The summed E-state index contributed by atoms with van der Waals surface area (Å²) >= 11 is 0. The lowest BCUT2D eigenvalue weighted by Crippen LogP contribution is -2.25. The van der Waals surface area contributed by atoms with Crippen LogP contribution in [0.5, 0.6) is 0 Å². The molecule has 4 rings (SSSR count). The average Bonchev–Trinajstić information content (AvgIpc) is 2.68. The molecule has 1 aliphatic rings. The lowest BCUT2D eigenvalue weighted by molar-refractivity contribution is 0.102. The van der Waals surface area contributed by atoms with Gasteiger partial charge in [-0.3, -0.25) is 4.79 Å². The van der Waals surface area contributed by atoms with Crippen molar-refractivity contribution >= 4 is 23.2 Å². The molecular weight excluding hydrogens is 324 g/mol. The fourth-order valence-electron chi connectivity index (χ4n) is 3.28. The van der Waals surface area contributed by atoms with Crippen molar-refractivity contribution in [3.63, 3.8) is 0 Å². The molecule has 0 unspecified atom stereocenters. The zero-order valence-corrected chi connectivity index (χ0v) is 14.6. The van der Waals surface area contributed by atoms with Crippen molar-refractivity contribution in [1.82, 2.24) is 10.2 Å². The van der Waals surface area contributed by atoms with Crippen LogP contribution in [0.3, 0.4) is 0 Å². The van der Waals surface area contributed by atoms with Crippen LogP contribution in [0.4, 0.5) is 17.3 Å². The van der Waals surface area contributed by atoms with Gasteiger partial charge in [-0.25, -0.2) is 0 Å². The van der Waals surface area contributed by atoms with Gasteiger partial charge in [0.15, 0.2) is 11.6 Å². The molecule has 0 atom stereocenters. The Morgan fingerprint density at radius 1 is 1.04 bits per heavy atom. The lowest BCUT2D eigenvalue weighted by atomic mass is 10.0. The van der Waals surface area contributed by atoms with E-state index in [0.29, 0.717) is 11.4 Å². The first kappa shape index (κ1) is 16.3. The van der Waals surface area contributed by atoms with E-state index in [-0.39, 0.29) is 5.91 Å². The molecule has 2 aromatic carbocycles. The van der Waals surface area contributed by atoms with Crippen molar-refractivity contribution < 1.29 is 4.79 Å².